The Morgan fingerprint density at radius 1 is 1.23 bits per heavy atom. The maximum atomic E-state index is 13.7. The van der Waals surface area contributed by atoms with Crippen molar-refractivity contribution in [2.24, 2.45) is 0 Å². The highest BCUT2D eigenvalue weighted by molar-refractivity contribution is 9.10. The van der Waals surface area contributed by atoms with E-state index in [1.54, 1.807) is 30.3 Å². The van der Waals surface area contributed by atoms with Crippen LogP contribution >= 0.6 is 15.9 Å². The van der Waals surface area contributed by atoms with Crippen molar-refractivity contribution in [2.75, 3.05) is 6.54 Å². The number of carbonyl (C=O) groups is 2. The number of likely N-dealkylation sites (tertiary alicyclic amines) is 1. The Morgan fingerprint density at radius 3 is 2.54 bits per heavy atom. The molecule has 0 aromatic heterocycles. The predicted octanol–water partition coefficient (Wildman–Crippen LogP) is 4.20. The second-order valence-corrected chi connectivity index (χ2v) is 6.72. The van der Waals surface area contributed by atoms with E-state index < -0.39 is 23.5 Å². The first-order chi connectivity index (χ1) is 12.4. The highest BCUT2D eigenvalue weighted by Crippen LogP contribution is 2.39. The molecule has 132 valence electrons. The van der Waals surface area contributed by atoms with Crippen molar-refractivity contribution in [2.45, 2.75) is 6.04 Å². The van der Waals surface area contributed by atoms with Crippen molar-refractivity contribution >= 4 is 33.4 Å². The van der Waals surface area contributed by atoms with Gasteiger partial charge in [0.25, 0.3) is 11.7 Å². The highest BCUT2D eigenvalue weighted by atomic mass is 79.9. The van der Waals surface area contributed by atoms with Gasteiger partial charge in [-0.2, -0.15) is 0 Å². The van der Waals surface area contributed by atoms with Gasteiger partial charge in [-0.15, -0.1) is 6.58 Å². The quantitative estimate of drug-likeness (QED) is 0.352. The standard InChI is InChI=1S/C20H15BrFNO3/c1-2-10-23-17(13-4-3-5-15(22)11-13)16(19(25)20(23)26)18(24)12-6-8-14(21)9-7-12/h2-9,11,17,24H,1,10H2/b18-16+/t17-/m0/s1. The Balaban J connectivity index is 2.21. The molecular weight excluding hydrogens is 401 g/mol. The molecule has 1 atom stereocenters. The van der Waals surface area contributed by atoms with E-state index >= 15 is 0 Å². The molecule has 1 aliphatic rings. The molecule has 1 N–H and O–H groups in total. The van der Waals surface area contributed by atoms with E-state index in [0.717, 1.165) is 4.47 Å². The topological polar surface area (TPSA) is 57.6 Å². The maximum Gasteiger partial charge on any atom is 0.295 e. The molecule has 2 aromatic rings. The van der Waals surface area contributed by atoms with Crippen molar-refractivity contribution in [3.8, 4) is 0 Å². The van der Waals surface area contributed by atoms with Gasteiger partial charge in [0.1, 0.15) is 11.6 Å². The van der Waals surface area contributed by atoms with Crippen LogP contribution in [0, 0.1) is 5.82 Å². The summed E-state index contributed by atoms with van der Waals surface area (Å²) in [6, 6.07) is 11.4. The van der Waals surface area contributed by atoms with Crippen LogP contribution in [0.3, 0.4) is 0 Å². The molecule has 0 aliphatic carbocycles. The summed E-state index contributed by atoms with van der Waals surface area (Å²) in [5.41, 5.74) is 0.737. The molecule has 4 nitrogen and oxygen atoms in total. The Hall–Kier alpha value is -2.73. The lowest BCUT2D eigenvalue weighted by Gasteiger charge is -2.24. The van der Waals surface area contributed by atoms with Crippen LogP contribution in [0.1, 0.15) is 17.2 Å². The summed E-state index contributed by atoms with van der Waals surface area (Å²) in [5.74, 6) is -2.34. The molecule has 2 aromatic carbocycles. The van der Waals surface area contributed by atoms with Crippen molar-refractivity contribution < 1.29 is 19.1 Å². The zero-order valence-electron chi connectivity index (χ0n) is 13.7. The monoisotopic (exact) mass is 415 g/mol. The number of carbonyl (C=O) groups excluding carboxylic acids is 2. The minimum Gasteiger partial charge on any atom is -0.507 e. The molecule has 3 rings (SSSR count). The van der Waals surface area contributed by atoms with Gasteiger partial charge in [-0.1, -0.05) is 46.3 Å². The fourth-order valence-corrected chi connectivity index (χ4v) is 3.26. The van der Waals surface area contributed by atoms with Gasteiger partial charge >= 0.3 is 0 Å². The number of hydrogen-bond acceptors (Lipinski definition) is 3. The van der Waals surface area contributed by atoms with E-state index in [-0.39, 0.29) is 17.9 Å². The molecule has 1 saturated heterocycles. The van der Waals surface area contributed by atoms with Crippen LogP contribution in [0.25, 0.3) is 5.76 Å². The molecule has 1 heterocycles. The normalized spacial score (nSPS) is 19.0. The van der Waals surface area contributed by atoms with E-state index in [1.807, 2.05) is 0 Å². The van der Waals surface area contributed by atoms with Crippen molar-refractivity contribution in [1.82, 2.24) is 4.90 Å². The first-order valence-electron chi connectivity index (χ1n) is 7.84. The van der Waals surface area contributed by atoms with Gasteiger partial charge in [-0.3, -0.25) is 9.59 Å². The summed E-state index contributed by atoms with van der Waals surface area (Å²) in [7, 11) is 0. The number of aliphatic hydroxyl groups is 1. The number of rotatable bonds is 4. The van der Waals surface area contributed by atoms with Gasteiger partial charge in [0.05, 0.1) is 11.6 Å². The molecule has 0 spiro atoms. The number of amides is 1. The van der Waals surface area contributed by atoms with Crippen LogP contribution in [0.4, 0.5) is 4.39 Å². The third-order valence-corrected chi connectivity index (χ3v) is 4.68. The molecule has 0 bridgehead atoms. The average Bonchev–Trinajstić information content (AvgIpc) is 2.87. The molecular formula is C20H15BrFNO3. The number of halogens is 2. The molecule has 1 fully saturated rings. The number of aliphatic hydroxyl groups excluding tert-OH is 1. The van der Waals surface area contributed by atoms with Gasteiger partial charge in [0, 0.05) is 16.6 Å². The zero-order valence-corrected chi connectivity index (χ0v) is 15.2. The molecule has 1 aliphatic heterocycles. The smallest absolute Gasteiger partial charge is 0.295 e. The van der Waals surface area contributed by atoms with Crippen molar-refractivity contribution in [1.29, 1.82) is 0 Å². The molecule has 0 radical (unpaired) electrons. The fourth-order valence-electron chi connectivity index (χ4n) is 2.99. The van der Waals surface area contributed by atoms with Gasteiger partial charge in [0.15, 0.2) is 0 Å². The zero-order chi connectivity index (χ0) is 18.8. The number of ketones is 1. The van der Waals surface area contributed by atoms with E-state index in [2.05, 4.69) is 22.5 Å². The molecule has 1 amide bonds. The molecule has 26 heavy (non-hydrogen) atoms. The maximum absolute atomic E-state index is 13.7. The summed E-state index contributed by atoms with van der Waals surface area (Å²) < 4.78 is 14.5. The Bertz CT molecular complexity index is 921. The Morgan fingerprint density at radius 2 is 1.92 bits per heavy atom. The summed E-state index contributed by atoms with van der Waals surface area (Å²) in [6.07, 6.45) is 1.48. The van der Waals surface area contributed by atoms with Crippen molar-refractivity contribution in [3.05, 3.63) is 88.2 Å². The Kier molecular flexibility index (Phi) is 5.04. The second kappa shape index (κ2) is 7.25. The van der Waals surface area contributed by atoms with E-state index in [0.29, 0.717) is 11.1 Å². The molecule has 6 heteroatoms. The minimum absolute atomic E-state index is 0.0650. The number of Topliss-reactive ketones (excluding diaryl/α,β-unsaturated/α-hetero) is 1. The van der Waals surface area contributed by atoms with E-state index in [4.69, 9.17) is 0 Å². The number of hydrogen-bond donors (Lipinski definition) is 1. The highest BCUT2D eigenvalue weighted by Gasteiger charge is 2.45. The summed E-state index contributed by atoms with van der Waals surface area (Å²) >= 11 is 3.31. The summed E-state index contributed by atoms with van der Waals surface area (Å²) in [4.78, 5) is 26.3. The van der Waals surface area contributed by atoms with Gasteiger partial charge in [-0.05, 0) is 29.8 Å². The first-order valence-corrected chi connectivity index (χ1v) is 8.64. The van der Waals surface area contributed by atoms with Crippen molar-refractivity contribution in [3.63, 3.8) is 0 Å². The minimum atomic E-state index is -0.882. The summed E-state index contributed by atoms with van der Waals surface area (Å²) in [5, 5.41) is 10.7. The van der Waals surface area contributed by atoms with Crippen LogP contribution < -0.4 is 0 Å². The third-order valence-electron chi connectivity index (χ3n) is 4.15. The molecule has 0 unspecified atom stereocenters. The lowest BCUT2D eigenvalue weighted by molar-refractivity contribution is -0.139. The Labute approximate surface area is 158 Å². The van der Waals surface area contributed by atoms with Crippen LogP contribution in [-0.4, -0.2) is 28.2 Å². The SMILES string of the molecule is C=CCN1C(=O)C(=O)/C(=C(/O)c2ccc(Br)cc2)[C@@H]1c1cccc(F)c1. The van der Waals surface area contributed by atoms with Crippen LogP contribution in [0.15, 0.2) is 71.2 Å². The third kappa shape index (κ3) is 3.20. The van der Waals surface area contributed by atoms with Gasteiger partial charge in [0.2, 0.25) is 0 Å². The lowest BCUT2D eigenvalue weighted by atomic mass is 9.95. The second-order valence-electron chi connectivity index (χ2n) is 5.80. The van der Waals surface area contributed by atoms with E-state index in [1.165, 1.54) is 29.2 Å². The fraction of sp³-hybridized carbons (Fsp3) is 0.100. The van der Waals surface area contributed by atoms with E-state index in [9.17, 15) is 19.1 Å². The lowest BCUT2D eigenvalue weighted by Crippen LogP contribution is -2.29. The van der Waals surface area contributed by atoms with Crippen LogP contribution in [0.2, 0.25) is 0 Å². The molecule has 0 saturated carbocycles. The predicted molar refractivity (Wildman–Crippen MR) is 99.7 cm³/mol. The summed E-state index contributed by atoms with van der Waals surface area (Å²) in [6.45, 7) is 3.70. The van der Waals surface area contributed by atoms with Gasteiger partial charge < -0.3 is 10.0 Å². The first kappa shape index (κ1) is 18.1. The van der Waals surface area contributed by atoms with Crippen LogP contribution in [0.5, 0.6) is 0 Å². The largest absolute Gasteiger partial charge is 0.507 e. The average molecular weight is 416 g/mol. The van der Waals surface area contributed by atoms with Crippen LogP contribution in [-0.2, 0) is 9.59 Å². The number of nitrogens with zero attached hydrogens (tertiary/aromatic N) is 1. The number of benzene rings is 2. The van der Waals surface area contributed by atoms with Gasteiger partial charge in [-0.25, -0.2) is 4.39 Å².